The first-order valence-corrected chi connectivity index (χ1v) is 13.6. The molecule has 1 aromatic carbocycles. The predicted molar refractivity (Wildman–Crippen MR) is 139 cm³/mol. The summed E-state index contributed by atoms with van der Waals surface area (Å²) in [6.45, 7) is 8.81. The molecule has 0 radical (unpaired) electrons. The molecular weight excluding hydrogens is 482 g/mol. The van der Waals surface area contributed by atoms with Gasteiger partial charge in [-0.2, -0.15) is 0 Å². The number of hydrogen-bond donors (Lipinski definition) is 2. The van der Waals surface area contributed by atoms with Crippen LogP contribution in [-0.2, 0) is 24.2 Å². The molecule has 0 aliphatic heterocycles. The number of nitrogens with two attached hydrogens (primary N) is 1. The van der Waals surface area contributed by atoms with Crippen LogP contribution in [0.3, 0.4) is 0 Å². The molecule has 0 fully saturated rings. The molecule has 8 nitrogen and oxygen atoms in total. The predicted octanol–water partition coefficient (Wildman–Crippen LogP) is 4.76. The molecule has 3 aromatic rings. The quantitative estimate of drug-likeness (QED) is 0.399. The zero-order valence-electron chi connectivity index (χ0n) is 20.5. The van der Waals surface area contributed by atoms with Gasteiger partial charge in [-0.1, -0.05) is 30.8 Å². The van der Waals surface area contributed by atoms with Crippen LogP contribution in [0.2, 0.25) is 0 Å². The fraction of sp³-hybridized carbons (Fsp3) is 0.440. The van der Waals surface area contributed by atoms with Crippen molar-refractivity contribution in [2.24, 2.45) is 11.7 Å². The van der Waals surface area contributed by atoms with Crippen LogP contribution in [0, 0.1) is 12.8 Å². The Bertz CT molecular complexity index is 1240. The van der Waals surface area contributed by atoms with E-state index in [0.717, 1.165) is 41.0 Å². The summed E-state index contributed by atoms with van der Waals surface area (Å²) in [5.41, 5.74) is 8.26. The highest BCUT2D eigenvalue weighted by atomic mass is 32.2. The van der Waals surface area contributed by atoms with Crippen molar-refractivity contribution in [3.8, 4) is 5.75 Å². The number of aromatic nitrogens is 3. The monoisotopic (exact) mass is 513 g/mol. The molecule has 0 saturated carbocycles. The van der Waals surface area contributed by atoms with E-state index in [4.69, 9.17) is 10.5 Å². The van der Waals surface area contributed by atoms with Gasteiger partial charge in [-0.15, -0.1) is 21.5 Å². The smallest absolute Gasteiger partial charge is 0.251 e. The summed E-state index contributed by atoms with van der Waals surface area (Å²) in [7, 11) is 0. The van der Waals surface area contributed by atoms with Crippen molar-refractivity contribution in [2.45, 2.75) is 64.8 Å². The first kappa shape index (κ1) is 25.2. The molecule has 186 valence electrons. The number of rotatable bonds is 9. The highest BCUT2D eigenvalue weighted by Gasteiger charge is 2.27. The van der Waals surface area contributed by atoms with Crippen molar-refractivity contribution in [3.63, 3.8) is 0 Å². The second-order valence-electron chi connectivity index (χ2n) is 8.92. The first-order chi connectivity index (χ1) is 16.8. The SMILES string of the molecule is CCn1c(SCC(=O)Nc2sc3c(c2C(N)=O)CCC(C)C3)nnc1C(C)Oc1cccc(C)c1. The zero-order chi connectivity index (χ0) is 25.1. The minimum atomic E-state index is -0.488. The fourth-order valence-electron chi connectivity index (χ4n) is 4.34. The van der Waals surface area contributed by atoms with Crippen molar-refractivity contribution in [3.05, 3.63) is 51.7 Å². The van der Waals surface area contributed by atoms with Crippen LogP contribution >= 0.6 is 23.1 Å². The Kier molecular flexibility index (Phi) is 7.81. The molecule has 0 bridgehead atoms. The number of primary amides is 1. The zero-order valence-corrected chi connectivity index (χ0v) is 22.1. The van der Waals surface area contributed by atoms with Crippen LogP contribution in [0.5, 0.6) is 5.75 Å². The van der Waals surface area contributed by atoms with Gasteiger partial charge in [-0.05, 0) is 69.2 Å². The Morgan fingerprint density at radius 3 is 2.89 bits per heavy atom. The van der Waals surface area contributed by atoms with Crippen LogP contribution in [0.1, 0.15) is 65.5 Å². The number of carbonyl (C=O) groups is 2. The average Bonchev–Trinajstić information content (AvgIpc) is 3.37. The molecule has 1 aliphatic rings. The van der Waals surface area contributed by atoms with Crippen LogP contribution < -0.4 is 15.8 Å². The number of thiophene rings is 1. The number of anilines is 1. The third-order valence-corrected chi connectivity index (χ3v) is 8.21. The van der Waals surface area contributed by atoms with Crippen molar-refractivity contribution < 1.29 is 14.3 Å². The summed E-state index contributed by atoms with van der Waals surface area (Å²) in [4.78, 5) is 26.1. The average molecular weight is 514 g/mol. The van der Waals surface area contributed by atoms with E-state index in [-0.39, 0.29) is 17.8 Å². The Morgan fingerprint density at radius 2 is 2.17 bits per heavy atom. The van der Waals surface area contributed by atoms with Gasteiger partial charge < -0.3 is 20.4 Å². The molecule has 0 spiro atoms. The summed E-state index contributed by atoms with van der Waals surface area (Å²) in [6, 6.07) is 7.87. The number of benzene rings is 1. The maximum atomic E-state index is 12.8. The van der Waals surface area contributed by atoms with E-state index in [9.17, 15) is 9.59 Å². The molecule has 2 atom stereocenters. The van der Waals surface area contributed by atoms with E-state index < -0.39 is 5.91 Å². The Balaban J connectivity index is 1.42. The Morgan fingerprint density at radius 1 is 1.37 bits per heavy atom. The number of hydrogen-bond acceptors (Lipinski definition) is 7. The number of fused-ring (bicyclic) bond motifs is 1. The summed E-state index contributed by atoms with van der Waals surface area (Å²) < 4.78 is 8.03. The maximum Gasteiger partial charge on any atom is 0.251 e. The van der Waals surface area contributed by atoms with E-state index in [1.54, 1.807) is 0 Å². The Labute approximate surface area is 213 Å². The molecule has 1 aliphatic carbocycles. The van der Waals surface area contributed by atoms with Gasteiger partial charge in [0.25, 0.3) is 5.91 Å². The molecule has 2 amide bonds. The van der Waals surface area contributed by atoms with Crippen molar-refractivity contribution in [2.75, 3.05) is 11.1 Å². The summed E-state index contributed by atoms with van der Waals surface area (Å²) in [5, 5.41) is 12.7. The fourth-order valence-corrected chi connectivity index (χ4v) is 6.58. The third kappa shape index (κ3) is 5.70. The number of thioether (sulfide) groups is 1. The number of aryl methyl sites for hydroxylation is 1. The van der Waals surface area contributed by atoms with Crippen LogP contribution in [-0.4, -0.2) is 32.3 Å². The van der Waals surface area contributed by atoms with Crippen LogP contribution in [0.4, 0.5) is 5.00 Å². The summed E-state index contributed by atoms with van der Waals surface area (Å²) >= 11 is 2.78. The number of nitrogens with one attached hydrogen (secondary N) is 1. The molecule has 2 aromatic heterocycles. The van der Waals surface area contributed by atoms with E-state index in [2.05, 4.69) is 22.4 Å². The standard InChI is InChI=1S/C25H31N5O3S2/c1-5-30-23(16(4)33-17-8-6-7-14(2)11-17)28-29-25(30)34-13-20(31)27-24-21(22(26)32)18-10-9-15(3)12-19(18)35-24/h6-8,11,15-16H,5,9-10,12-13H2,1-4H3,(H2,26,32)(H,27,31). The molecular formula is C25H31N5O3S2. The Hall–Kier alpha value is -2.85. The van der Waals surface area contributed by atoms with Crippen LogP contribution in [0.15, 0.2) is 29.4 Å². The second kappa shape index (κ2) is 10.8. The largest absolute Gasteiger partial charge is 0.483 e. The van der Waals surface area contributed by atoms with Crippen molar-refractivity contribution >= 4 is 39.9 Å². The highest BCUT2D eigenvalue weighted by Crippen LogP contribution is 2.39. The van der Waals surface area contributed by atoms with Gasteiger partial charge in [0.05, 0.1) is 11.3 Å². The van der Waals surface area contributed by atoms with E-state index in [1.165, 1.54) is 23.1 Å². The lowest BCUT2D eigenvalue weighted by Crippen LogP contribution is -2.20. The van der Waals surface area contributed by atoms with Gasteiger partial charge in [0.2, 0.25) is 5.91 Å². The second-order valence-corrected chi connectivity index (χ2v) is 11.0. The molecule has 2 unspecified atom stereocenters. The normalized spacial score (nSPS) is 15.9. The van der Waals surface area contributed by atoms with Gasteiger partial charge in [-0.3, -0.25) is 9.59 Å². The molecule has 3 N–H and O–H groups in total. The molecule has 0 saturated heterocycles. The third-order valence-electron chi connectivity index (χ3n) is 6.07. The maximum absolute atomic E-state index is 12.8. The van der Waals surface area contributed by atoms with E-state index in [1.807, 2.05) is 49.6 Å². The number of ether oxygens (including phenoxy) is 1. The lowest BCUT2D eigenvalue weighted by Gasteiger charge is -2.18. The lowest BCUT2D eigenvalue weighted by atomic mass is 9.88. The van der Waals surface area contributed by atoms with Gasteiger partial charge in [0.15, 0.2) is 17.1 Å². The molecule has 2 heterocycles. The molecule has 10 heteroatoms. The minimum absolute atomic E-state index is 0.141. The molecule has 4 rings (SSSR count). The number of nitrogens with zero attached hydrogens (tertiary/aromatic N) is 3. The van der Waals surface area contributed by atoms with Crippen molar-refractivity contribution in [1.29, 1.82) is 0 Å². The van der Waals surface area contributed by atoms with Gasteiger partial charge in [0, 0.05) is 11.4 Å². The summed E-state index contributed by atoms with van der Waals surface area (Å²) in [5.74, 6) is 1.48. The van der Waals surface area contributed by atoms with Gasteiger partial charge in [-0.25, -0.2) is 0 Å². The highest BCUT2D eigenvalue weighted by molar-refractivity contribution is 7.99. The van der Waals surface area contributed by atoms with Gasteiger partial charge in [0.1, 0.15) is 10.8 Å². The van der Waals surface area contributed by atoms with Crippen molar-refractivity contribution in [1.82, 2.24) is 14.8 Å². The first-order valence-electron chi connectivity index (χ1n) is 11.8. The van der Waals surface area contributed by atoms with E-state index >= 15 is 0 Å². The van der Waals surface area contributed by atoms with Gasteiger partial charge >= 0.3 is 0 Å². The number of amides is 2. The van der Waals surface area contributed by atoms with Crippen LogP contribution in [0.25, 0.3) is 0 Å². The minimum Gasteiger partial charge on any atom is -0.483 e. The molecule has 35 heavy (non-hydrogen) atoms. The topological polar surface area (TPSA) is 112 Å². The van der Waals surface area contributed by atoms with E-state index in [0.29, 0.717) is 34.0 Å². The summed E-state index contributed by atoms with van der Waals surface area (Å²) in [6.07, 6.45) is 2.45. The lowest BCUT2D eigenvalue weighted by molar-refractivity contribution is -0.113. The number of carbonyl (C=O) groups excluding carboxylic acids is 2.